The van der Waals surface area contributed by atoms with Gasteiger partial charge >= 0.3 is 0 Å². The van der Waals surface area contributed by atoms with E-state index in [9.17, 15) is 0 Å². The van der Waals surface area contributed by atoms with Crippen molar-refractivity contribution >= 4 is 8.41 Å². The molecule has 38 N–H and O–H groups in total. The maximum Gasteiger partial charge on any atom is 0.146 e. The van der Waals surface area contributed by atoms with Gasteiger partial charge in [-0.1, -0.05) is 29.7 Å². The Bertz CT molecular complexity index is 266. The smallest absolute Gasteiger partial charge is 0.146 e. The third-order valence-corrected chi connectivity index (χ3v) is 1.09. The zero-order valence-corrected chi connectivity index (χ0v) is 43.8. The van der Waals surface area contributed by atoms with Crippen LogP contribution in [-0.4, -0.2) is 190 Å². The van der Waals surface area contributed by atoms with E-state index < -0.39 is 5.97 Å². The molecule has 0 aromatic carbocycles. The van der Waals surface area contributed by atoms with Gasteiger partial charge in [0.25, 0.3) is 0 Å². The summed E-state index contributed by atoms with van der Waals surface area (Å²) in [6, 6.07) is 0. The Balaban J connectivity index is -0.00000000397. The summed E-state index contributed by atoms with van der Waals surface area (Å²) in [5.41, 5.74) is 0. The molecule has 0 fully saturated rings. The largest absolute Gasteiger partial charge is 0.412 e. The summed E-state index contributed by atoms with van der Waals surface area (Å²) in [5, 5.41) is 47.4. The van der Waals surface area contributed by atoms with Crippen LogP contribution in [0.25, 0.3) is 0 Å². The molecule has 0 saturated heterocycles. The van der Waals surface area contributed by atoms with E-state index in [1.807, 2.05) is 20.8 Å². The molecule has 403 valence electrons. The Kier molecular flexibility index (Phi) is 1340. The topological polar surface area (TPSA) is 653 Å². The van der Waals surface area contributed by atoms with Crippen molar-refractivity contribution in [2.24, 2.45) is 0 Å². The number of hydrogen-bond acceptors (Lipinski definition) is 9. The van der Waals surface area contributed by atoms with Crippen LogP contribution in [0.15, 0.2) is 0 Å². The Morgan fingerprint density at radius 1 is 0.367 bits per heavy atom. The van der Waals surface area contributed by atoms with Crippen molar-refractivity contribution < 1.29 is 241 Å². The van der Waals surface area contributed by atoms with Gasteiger partial charge in [0.2, 0.25) is 0 Å². The zero-order chi connectivity index (χ0) is 28.5. The fraction of sp³-hybridized carbons (Fsp3) is 0.931. The van der Waals surface area contributed by atoms with Gasteiger partial charge in [0.1, 0.15) is 5.97 Å². The van der Waals surface area contributed by atoms with Crippen molar-refractivity contribution in [3.63, 3.8) is 0 Å². The summed E-state index contributed by atoms with van der Waals surface area (Å²) in [6.45, 7) is 28.5. The molecule has 0 aromatic rings. The maximum absolute atomic E-state index is 8.06. The molecule has 25 nitrogen and oxygen atoms in total. The van der Waals surface area contributed by atoms with Crippen LogP contribution < -0.4 is 0 Å². The molecule has 0 amide bonds. The molecule has 0 aliphatic carbocycles. The van der Waals surface area contributed by atoms with Crippen molar-refractivity contribution in [1.82, 2.24) is 0 Å². The fourth-order valence-electron chi connectivity index (χ4n) is 0.785. The zero-order valence-electron chi connectivity index (χ0n) is 36.0. The quantitative estimate of drug-likeness (QED) is 0.0835. The van der Waals surface area contributed by atoms with E-state index in [1.54, 1.807) is 69.2 Å². The molecule has 0 aliphatic rings. The molecule has 31 heteroatoms. The Morgan fingerprint density at radius 2 is 0.417 bits per heavy atom. The molecular weight excluding hydrogens is 998 g/mol. The first-order valence-corrected chi connectivity index (χ1v) is 11.7. The summed E-state index contributed by atoms with van der Waals surface area (Å²) < 4.78 is 15.5. The van der Waals surface area contributed by atoms with E-state index in [4.69, 9.17) is 44.8 Å². The van der Waals surface area contributed by atoms with Crippen LogP contribution in [0.5, 0.6) is 0 Å². The van der Waals surface area contributed by atoms with E-state index in [2.05, 4.69) is 6.92 Å². The van der Waals surface area contributed by atoms with Crippen molar-refractivity contribution in [3.05, 3.63) is 14.4 Å². The Morgan fingerprint density at radius 3 is 0.450 bits per heavy atom. The van der Waals surface area contributed by atoms with Gasteiger partial charge in [0, 0.05) is 174 Å². The van der Waals surface area contributed by atoms with E-state index in [0.717, 1.165) is 0 Å². The summed E-state index contributed by atoms with van der Waals surface area (Å²) in [4.78, 5) is 0. The summed E-state index contributed by atoms with van der Waals surface area (Å²) in [5.74, 6) is -1.10. The first kappa shape index (κ1) is 290. The molecule has 3 radical (unpaired) electrons. The van der Waals surface area contributed by atoms with Crippen LogP contribution in [0, 0.1) is 14.4 Å². The van der Waals surface area contributed by atoms with Crippen LogP contribution in [0.4, 0.5) is 0 Å². The molecule has 0 atom stereocenters. The molecule has 0 rings (SSSR count). The van der Waals surface area contributed by atoms with Crippen LogP contribution in [0.3, 0.4) is 0 Å². The van der Waals surface area contributed by atoms with Gasteiger partial charge in [0.15, 0.2) is 0 Å². The van der Waals surface area contributed by atoms with Gasteiger partial charge in [-0.25, -0.2) is 0 Å². The van der Waals surface area contributed by atoms with Gasteiger partial charge < -0.3 is 140 Å². The second kappa shape index (κ2) is 276. The first-order valence-electron chi connectivity index (χ1n) is 11.7. The van der Waals surface area contributed by atoms with Crippen molar-refractivity contribution in [2.75, 3.05) is 33.0 Å². The van der Waals surface area contributed by atoms with Crippen LogP contribution in [-0.2, 0) is 123 Å². The third kappa shape index (κ3) is 1010. The van der Waals surface area contributed by atoms with Gasteiger partial charge in [-0.3, -0.25) is 6.92 Å². The number of aliphatic hydroxyl groups is 6. The Labute approximate surface area is 443 Å². The monoisotopic (exact) mass is 1110 g/mol. The number of rotatable bonds is 6. The minimum atomic E-state index is -1.10. The summed E-state index contributed by atoms with van der Waals surface area (Å²) in [7, 11) is 0. The van der Waals surface area contributed by atoms with Crippen LogP contribution >= 0.6 is 0 Å². The molecular formula is C29H112BO25Ti5-2. The predicted molar refractivity (Wildman–Crippen MR) is 235 cm³/mol. The number of hydrogen-bond donors (Lipinski definition) is 6. The molecule has 60 heavy (non-hydrogen) atoms. The molecule has 0 unspecified atom stereocenters. The standard InChI is InChI=1S/C8H17O3.4C3H8O.2C2H6O.4CH4.CH3.B.16H2O.5Ti/c1-5-9-8(4,10-6-2)11-7-3;4*1-3(2)4;2*1-2-3;;;;;;;;;;;;;;;;;;;;;;;;;;;/h4-7H2,1-3H3;4*3-4H,1-2H3;2*3H,2H2,1H3;4*1H4;1H3;;16*1H2;;;;;/q-1;;;;;;;;;;;-1;;;;;;;;;;;;;;;;;;;;;;. The number of aliphatic hydroxyl groups excluding tert-OH is 6. The van der Waals surface area contributed by atoms with Crippen LogP contribution in [0.1, 0.15) is 120 Å². The van der Waals surface area contributed by atoms with Gasteiger partial charge in [-0.2, -0.15) is 0 Å². The first-order chi connectivity index (χ1) is 14.9. The van der Waals surface area contributed by atoms with Crippen molar-refractivity contribution in [3.8, 4) is 0 Å². The third-order valence-electron chi connectivity index (χ3n) is 1.09. The molecule has 0 aromatic heterocycles. The van der Waals surface area contributed by atoms with E-state index >= 15 is 0 Å². The van der Waals surface area contributed by atoms with Gasteiger partial charge in [-0.15, -0.1) is 0 Å². The maximum atomic E-state index is 8.06. The normalized spacial score (nSPS) is 5.20. The van der Waals surface area contributed by atoms with Gasteiger partial charge in [0.05, 0.1) is 0 Å². The SMILES string of the molecule is C.C.C.C.CC(C)O.CC(C)O.CC(C)O.CC(C)O.CCO.CCO.O.O.O.O.O.O.O.O.O.O.O.O.O.O.O.O.[B].[CH2-]C(OCC)(OCC)OCC.[CH3-].[Ti].[Ti].[Ti].[Ti].[Ti]. The molecule has 0 aliphatic heterocycles. The second-order valence-electron chi connectivity index (χ2n) is 6.99. The van der Waals surface area contributed by atoms with E-state index in [1.165, 1.54) is 0 Å². The van der Waals surface area contributed by atoms with Gasteiger partial charge in [-0.05, 0) is 90.0 Å². The van der Waals surface area contributed by atoms with Crippen molar-refractivity contribution in [1.29, 1.82) is 0 Å². The predicted octanol–water partition coefficient (Wildman–Crippen LogP) is -7.46. The molecule has 0 heterocycles. The fourth-order valence-corrected chi connectivity index (χ4v) is 0.785. The van der Waals surface area contributed by atoms with Crippen molar-refractivity contribution in [2.45, 2.75) is 150 Å². The summed E-state index contributed by atoms with van der Waals surface area (Å²) in [6.07, 6.45) is -0.667. The second-order valence-corrected chi connectivity index (χ2v) is 6.99. The average molecular weight is 1110 g/mol. The van der Waals surface area contributed by atoms with E-state index in [-0.39, 0.29) is 279 Å². The summed E-state index contributed by atoms with van der Waals surface area (Å²) >= 11 is 0. The average Bonchev–Trinajstić information content (AvgIpc) is 2.54. The minimum Gasteiger partial charge on any atom is -0.412 e. The number of ether oxygens (including phenoxy) is 3. The van der Waals surface area contributed by atoms with Crippen LogP contribution in [0.2, 0.25) is 0 Å². The minimum absolute atomic E-state index is 0. The molecule has 0 spiro atoms. The Hall–Kier alpha value is 2.64. The molecule has 0 bridgehead atoms. The van der Waals surface area contributed by atoms with E-state index in [0.29, 0.717) is 19.8 Å². The molecule has 0 saturated carbocycles.